The van der Waals surface area contributed by atoms with E-state index in [9.17, 15) is 5.26 Å². The molecule has 0 saturated carbocycles. The Morgan fingerprint density at radius 3 is 2.49 bits per heavy atom. The average Bonchev–Trinajstić information content (AvgIpc) is 3.29. The van der Waals surface area contributed by atoms with E-state index in [-0.39, 0.29) is 11.0 Å². The van der Waals surface area contributed by atoms with E-state index in [4.69, 9.17) is 8.85 Å². The molecule has 0 aliphatic rings. The third-order valence-corrected chi connectivity index (χ3v) is 6.81. The second-order valence-corrected chi connectivity index (χ2v) is 10.6. The number of rotatable bonds is 4. The number of hydrogen-bond acceptors (Lipinski definition) is 4. The van der Waals surface area contributed by atoms with Gasteiger partial charge in [0.2, 0.25) is 0 Å². The first-order valence-corrected chi connectivity index (χ1v) is 12.7. The Morgan fingerprint density at radius 1 is 0.821 bits per heavy atom. The zero-order valence-corrected chi connectivity index (χ0v) is 21.9. The average molecular weight is 512 g/mol. The van der Waals surface area contributed by atoms with Crippen LogP contribution in [0.2, 0.25) is 0 Å². The van der Waals surface area contributed by atoms with Crippen molar-refractivity contribution in [2.75, 3.05) is 0 Å². The summed E-state index contributed by atoms with van der Waals surface area (Å²) in [6, 6.07) is 28.6. The molecular formula is C34H28N4O. The highest BCUT2D eigenvalue weighted by Gasteiger charge is 2.18. The Kier molecular flexibility index (Phi) is 5.08. The quantitative estimate of drug-likeness (QED) is 0.238. The molecule has 0 radical (unpaired) electrons. The van der Waals surface area contributed by atoms with Crippen molar-refractivity contribution in [2.24, 2.45) is 0 Å². The van der Waals surface area contributed by atoms with E-state index < -0.39 is 6.85 Å². The molecule has 6 aromatic rings. The highest BCUT2D eigenvalue weighted by molar-refractivity contribution is 6.09. The van der Waals surface area contributed by atoms with Gasteiger partial charge in [0.15, 0.2) is 0 Å². The van der Waals surface area contributed by atoms with Gasteiger partial charge < -0.3 is 4.74 Å². The number of pyridine rings is 2. The molecule has 3 aromatic carbocycles. The normalized spacial score (nSPS) is 13.0. The summed E-state index contributed by atoms with van der Waals surface area (Å²) < 4.78 is 32.1. The third-order valence-electron chi connectivity index (χ3n) is 6.81. The van der Waals surface area contributed by atoms with Crippen LogP contribution in [0.1, 0.15) is 41.6 Å². The lowest BCUT2D eigenvalue weighted by Crippen LogP contribution is -2.11. The minimum Gasteiger partial charge on any atom is -0.457 e. The summed E-state index contributed by atoms with van der Waals surface area (Å²) in [6.07, 6.45) is 3.29. The van der Waals surface area contributed by atoms with E-state index in [1.807, 2.05) is 65.2 Å². The molecule has 0 N–H and O–H groups in total. The molecule has 190 valence electrons. The van der Waals surface area contributed by atoms with E-state index in [1.165, 1.54) is 12.3 Å². The minimum atomic E-state index is -2.28. The predicted octanol–water partition coefficient (Wildman–Crippen LogP) is 8.51. The molecular weight excluding hydrogens is 480 g/mol. The van der Waals surface area contributed by atoms with Gasteiger partial charge in [-0.05, 0) is 96.2 Å². The first kappa shape index (κ1) is 21.0. The second kappa shape index (κ2) is 9.41. The summed E-state index contributed by atoms with van der Waals surface area (Å²) in [7, 11) is 0. The maximum Gasteiger partial charge on any atom is 0.137 e. The van der Waals surface area contributed by atoms with Gasteiger partial charge in [-0.1, -0.05) is 26.8 Å². The van der Waals surface area contributed by atoms with Gasteiger partial charge >= 0.3 is 0 Å². The van der Waals surface area contributed by atoms with Crippen molar-refractivity contribution in [2.45, 2.75) is 33.0 Å². The molecule has 0 spiro atoms. The van der Waals surface area contributed by atoms with Crippen LogP contribution >= 0.6 is 0 Å². The van der Waals surface area contributed by atoms with Gasteiger partial charge in [0, 0.05) is 38.9 Å². The molecule has 6 rings (SSSR count). The molecule has 0 fully saturated rings. The van der Waals surface area contributed by atoms with Gasteiger partial charge in [0.1, 0.15) is 17.3 Å². The zero-order valence-electron chi connectivity index (χ0n) is 24.9. The lowest BCUT2D eigenvalue weighted by molar-refractivity contribution is 0.479. The van der Waals surface area contributed by atoms with E-state index in [0.29, 0.717) is 22.9 Å². The van der Waals surface area contributed by atoms with Crippen LogP contribution in [0.4, 0.5) is 0 Å². The number of nitriles is 1. The van der Waals surface area contributed by atoms with Crippen LogP contribution in [0.25, 0.3) is 38.9 Å². The molecule has 0 aliphatic heterocycles. The van der Waals surface area contributed by atoms with Crippen LogP contribution in [0.5, 0.6) is 11.5 Å². The van der Waals surface area contributed by atoms with Gasteiger partial charge in [-0.3, -0.25) is 9.55 Å². The summed E-state index contributed by atoms with van der Waals surface area (Å²) in [5.41, 5.74) is 5.15. The molecule has 0 saturated heterocycles. The zero-order chi connectivity index (χ0) is 29.6. The number of hydrogen-bond donors (Lipinski definition) is 0. The number of nitrogens with zero attached hydrogens (tertiary/aromatic N) is 4. The Hall–Kier alpha value is -4.95. The maximum absolute atomic E-state index is 9.56. The van der Waals surface area contributed by atoms with Crippen molar-refractivity contribution in [3.63, 3.8) is 0 Å². The molecule has 0 bridgehead atoms. The van der Waals surface area contributed by atoms with Crippen LogP contribution in [0, 0.1) is 18.2 Å². The fourth-order valence-electron chi connectivity index (χ4n) is 4.83. The van der Waals surface area contributed by atoms with Crippen LogP contribution in [0.3, 0.4) is 0 Å². The SMILES string of the molecule is [2H]C([2H])([2H])c1ccnc(-n2c3ccc(C#N)cc3c3ccc(Oc4cc(-c5ccccn5)cc(C(C)(C)C)c4)cc32)c1. The Labute approximate surface area is 232 Å². The van der Waals surface area contributed by atoms with E-state index in [2.05, 4.69) is 42.9 Å². The van der Waals surface area contributed by atoms with Crippen LogP contribution in [-0.4, -0.2) is 14.5 Å². The molecule has 39 heavy (non-hydrogen) atoms. The highest BCUT2D eigenvalue weighted by atomic mass is 16.5. The summed E-state index contributed by atoms with van der Waals surface area (Å²) in [4.78, 5) is 9.08. The predicted molar refractivity (Wildman–Crippen MR) is 156 cm³/mol. The van der Waals surface area contributed by atoms with Gasteiger partial charge in [-0.15, -0.1) is 0 Å². The first-order valence-electron chi connectivity index (χ1n) is 14.2. The monoisotopic (exact) mass is 511 g/mol. The van der Waals surface area contributed by atoms with Crippen molar-refractivity contribution in [3.05, 3.63) is 114 Å². The smallest absolute Gasteiger partial charge is 0.137 e. The van der Waals surface area contributed by atoms with Gasteiger partial charge in [-0.2, -0.15) is 5.26 Å². The molecule has 0 aliphatic carbocycles. The van der Waals surface area contributed by atoms with Crippen molar-refractivity contribution >= 4 is 21.8 Å². The van der Waals surface area contributed by atoms with Crippen molar-refractivity contribution < 1.29 is 8.85 Å². The third kappa shape index (κ3) is 4.62. The number of aryl methyl sites for hydroxylation is 1. The number of aromatic nitrogens is 3. The molecule has 5 heteroatoms. The van der Waals surface area contributed by atoms with Gasteiger partial charge in [0.05, 0.1) is 28.4 Å². The summed E-state index contributed by atoms with van der Waals surface area (Å²) in [5, 5.41) is 11.3. The minimum absolute atomic E-state index is 0.114. The van der Waals surface area contributed by atoms with Crippen LogP contribution in [-0.2, 0) is 5.41 Å². The largest absolute Gasteiger partial charge is 0.457 e. The first-order chi connectivity index (χ1) is 20.0. The fourth-order valence-corrected chi connectivity index (χ4v) is 4.83. The summed E-state index contributed by atoms with van der Waals surface area (Å²) in [6.45, 7) is 4.21. The van der Waals surface area contributed by atoms with Crippen molar-refractivity contribution in [1.29, 1.82) is 5.26 Å². The Morgan fingerprint density at radius 2 is 1.72 bits per heavy atom. The maximum atomic E-state index is 9.56. The van der Waals surface area contributed by atoms with Crippen molar-refractivity contribution in [3.8, 4) is 34.6 Å². The Balaban J connectivity index is 1.53. The lowest BCUT2D eigenvalue weighted by Gasteiger charge is -2.21. The second-order valence-electron chi connectivity index (χ2n) is 10.6. The number of fused-ring (bicyclic) bond motifs is 3. The topological polar surface area (TPSA) is 63.7 Å². The molecule has 0 atom stereocenters. The van der Waals surface area contributed by atoms with E-state index in [1.54, 1.807) is 18.3 Å². The van der Waals surface area contributed by atoms with E-state index >= 15 is 0 Å². The summed E-state index contributed by atoms with van der Waals surface area (Å²) >= 11 is 0. The fraction of sp³-hybridized carbons (Fsp3) is 0.147. The summed E-state index contributed by atoms with van der Waals surface area (Å²) in [5.74, 6) is 1.76. The molecule has 3 aromatic heterocycles. The van der Waals surface area contributed by atoms with E-state index in [0.717, 1.165) is 38.6 Å². The molecule has 5 nitrogen and oxygen atoms in total. The molecule has 3 heterocycles. The Bertz CT molecular complexity index is 2000. The van der Waals surface area contributed by atoms with Gasteiger partial charge in [0.25, 0.3) is 0 Å². The number of benzene rings is 3. The van der Waals surface area contributed by atoms with Crippen LogP contribution in [0.15, 0.2) is 97.3 Å². The lowest BCUT2D eigenvalue weighted by atomic mass is 9.85. The number of ether oxygens (including phenoxy) is 1. The molecule has 0 amide bonds. The van der Waals surface area contributed by atoms with Gasteiger partial charge in [-0.25, -0.2) is 4.98 Å². The van der Waals surface area contributed by atoms with Crippen molar-refractivity contribution in [1.82, 2.24) is 14.5 Å². The standard InChI is InChI=1S/C34H28N4O/c1-22-12-14-37-33(15-22)38-31-11-8-23(21-35)16-29(31)28-10-9-26(20-32(28)38)39-27-18-24(30-7-5-6-13-36-30)17-25(19-27)34(2,3)4/h5-20H,1-4H3/i1D3. The van der Waals surface area contributed by atoms with Crippen LogP contribution < -0.4 is 4.74 Å². The highest BCUT2D eigenvalue weighted by Crippen LogP contribution is 2.37. The molecule has 0 unspecified atom stereocenters.